The Hall–Kier alpha value is -1.39. The summed E-state index contributed by atoms with van der Waals surface area (Å²) >= 11 is 6.31. The molecule has 1 aromatic heterocycles. The van der Waals surface area contributed by atoms with E-state index in [1.807, 2.05) is 33.2 Å². The fraction of sp³-hybridized carbons (Fsp3) is 0.438. The first-order chi connectivity index (χ1) is 10.0. The highest BCUT2D eigenvalue weighted by molar-refractivity contribution is 6.30. The van der Waals surface area contributed by atoms with Crippen LogP contribution in [-0.2, 0) is 19.9 Å². The van der Waals surface area contributed by atoms with Crippen LogP contribution >= 0.6 is 11.6 Å². The molecule has 2 rings (SSSR count). The molecule has 0 aliphatic heterocycles. The van der Waals surface area contributed by atoms with Crippen LogP contribution in [0.15, 0.2) is 24.3 Å². The van der Waals surface area contributed by atoms with Crippen LogP contribution in [0.25, 0.3) is 0 Å². The van der Waals surface area contributed by atoms with Crippen molar-refractivity contribution < 1.29 is 4.39 Å². The Morgan fingerprint density at radius 3 is 2.48 bits per heavy atom. The number of nitrogens with zero attached hydrogens (tertiary/aromatic N) is 2. The topological polar surface area (TPSA) is 29.9 Å². The first-order valence-corrected chi connectivity index (χ1v) is 7.46. The maximum Gasteiger partial charge on any atom is 0.130 e. The molecule has 0 spiro atoms. The van der Waals surface area contributed by atoms with Crippen LogP contribution in [0.1, 0.15) is 16.8 Å². The number of rotatable bonds is 6. The van der Waals surface area contributed by atoms with E-state index in [0.717, 1.165) is 36.2 Å². The fourth-order valence-corrected chi connectivity index (χ4v) is 2.91. The van der Waals surface area contributed by atoms with E-state index in [4.69, 9.17) is 11.6 Å². The van der Waals surface area contributed by atoms with Crippen molar-refractivity contribution in [3.05, 3.63) is 52.1 Å². The third-order valence-electron chi connectivity index (χ3n) is 3.69. The van der Waals surface area contributed by atoms with Crippen LogP contribution in [0, 0.1) is 18.7 Å². The molecule has 0 radical (unpaired) electrons. The number of hydrogen-bond donors (Lipinski definition) is 1. The van der Waals surface area contributed by atoms with Gasteiger partial charge >= 0.3 is 0 Å². The Morgan fingerprint density at radius 1 is 1.29 bits per heavy atom. The molecule has 5 heteroatoms. The molecule has 1 N–H and O–H groups in total. The Morgan fingerprint density at radius 2 is 1.95 bits per heavy atom. The van der Waals surface area contributed by atoms with Gasteiger partial charge in [-0.2, -0.15) is 5.10 Å². The van der Waals surface area contributed by atoms with Crippen LogP contribution in [0.5, 0.6) is 0 Å². The van der Waals surface area contributed by atoms with Crippen molar-refractivity contribution in [3.8, 4) is 0 Å². The molecule has 0 bridgehead atoms. The summed E-state index contributed by atoms with van der Waals surface area (Å²) in [7, 11) is 3.79. The zero-order valence-electron chi connectivity index (χ0n) is 12.7. The van der Waals surface area contributed by atoms with Gasteiger partial charge in [0.05, 0.1) is 5.69 Å². The molecule has 0 saturated carbocycles. The first-order valence-electron chi connectivity index (χ1n) is 7.08. The van der Waals surface area contributed by atoms with Gasteiger partial charge < -0.3 is 5.32 Å². The standard InChI is InChI=1S/C16H21ClFN3/c1-11-15(16(17)21(3)20-11)9-13(10-19-2)8-12-4-6-14(18)7-5-12/h4-7,13,19H,8-10H2,1-3H3. The Bertz CT molecular complexity index is 592. The number of aryl methyl sites for hydroxylation is 2. The highest BCUT2D eigenvalue weighted by atomic mass is 35.5. The summed E-state index contributed by atoms with van der Waals surface area (Å²) in [6, 6.07) is 6.70. The molecule has 0 aliphatic carbocycles. The van der Waals surface area contributed by atoms with Crippen LogP contribution in [0.4, 0.5) is 4.39 Å². The van der Waals surface area contributed by atoms with Gasteiger partial charge in [-0.25, -0.2) is 4.39 Å². The summed E-state index contributed by atoms with van der Waals surface area (Å²) in [4.78, 5) is 0. The highest BCUT2D eigenvalue weighted by Crippen LogP contribution is 2.23. The van der Waals surface area contributed by atoms with Gasteiger partial charge in [0, 0.05) is 12.6 Å². The van der Waals surface area contributed by atoms with E-state index in [-0.39, 0.29) is 5.82 Å². The molecule has 21 heavy (non-hydrogen) atoms. The number of halogens is 2. The Labute approximate surface area is 130 Å². The molecular formula is C16H21ClFN3. The summed E-state index contributed by atoms with van der Waals surface area (Å²) in [6.45, 7) is 2.86. The largest absolute Gasteiger partial charge is 0.319 e. The van der Waals surface area contributed by atoms with Gasteiger partial charge in [-0.05, 0) is 57.0 Å². The van der Waals surface area contributed by atoms with Gasteiger partial charge in [0.25, 0.3) is 0 Å². The quantitative estimate of drug-likeness (QED) is 0.888. The van der Waals surface area contributed by atoms with Crippen molar-refractivity contribution in [2.45, 2.75) is 19.8 Å². The zero-order chi connectivity index (χ0) is 15.4. The predicted octanol–water partition coefficient (Wildman–Crippen LogP) is 3.14. The lowest BCUT2D eigenvalue weighted by atomic mass is 9.92. The molecule has 0 aliphatic rings. The number of benzene rings is 1. The molecular weight excluding hydrogens is 289 g/mol. The Balaban J connectivity index is 2.13. The van der Waals surface area contributed by atoms with Crippen LogP contribution in [0.2, 0.25) is 5.15 Å². The van der Waals surface area contributed by atoms with Crippen molar-refractivity contribution in [1.29, 1.82) is 0 Å². The van der Waals surface area contributed by atoms with E-state index in [9.17, 15) is 4.39 Å². The van der Waals surface area contributed by atoms with Gasteiger partial charge in [0.2, 0.25) is 0 Å². The van der Waals surface area contributed by atoms with Crippen molar-refractivity contribution in [2.24, 2.45) is 13.0 Å². The molecule has 1 heterocycles. The van der Waals surface area contributed by atoms with Gasteiger partial charge in [-0.15, -0.1) is 0 Å². The molecule has 1 aromatic carbocycles. The van der Waals surface area contributed by atoms with E-state index in [0.29, 0.717) is 11.1 Å². The summed E-state index contributed by atoms with van der Waals surface area (Å²) in [5.74, 6) is 0.191. The maximum atomic E-state index is 13.0. The van der Waals surface area contributed by atoms with Crippen LogP contribution < -0.4 is 5.32 Å². The normalized spacial score (nSPS) is 12.6. The highest BCUT2D eigenvalue weighted by Gasteiger charge is 2.17. The fourth-order valence-electron chi connectivity index (χ4n) is 2.65. The van der Waals surface area contributed by atoms with Crippen molar-refractivity contribution >= 4 is 11.6 Å². The lowest BCUT2D eigenvalue weighted by molar-refractivity contribution is 0.492. The second-order valence-electron chi connectivity index (χ2n) is 5.44. The van der Waals surface area contributed by atoms with E-state index >= 15 is 0 Å². The minimum Gasteiger partial charge on any atom is -0.319 e. The van der Waals surface area contributed by atoms with Gasteiger partial charge in [-0.3, -0.25) is 4.68 Å². The van der Waals surface area contributed by atoms with Crippen LogP contribution in [0.3, 0.4) is 0 Å². The zero-order valence-corrected chi connectivity index (χ0v) is 13.4. The Kier molecular flexibility index (Phi) is 5.37. The van der Waals surface area contributed by atoms with Gasteiger partial charge in [0.15, 0.2) is 0 Å². The molecule has 114 valence electrons. The maximum absolute atomic E-state index is 13.0. The van der Waals surface area contributed by atoms with Gasteiger partial charge in [0.1, 0.15) is 11.0 Å². The monoisotopic (exact) mass is 309 g/mol. The van der Waals surface area contributed by atoms with Crippen molar-refractivity contribution in [2.75, 3.05) is 13.6 Å². The predicted molar refractivity (Wildman–Crippen MR) is 84.2 cm³/mol. The SMILES string of the molecule is CNCC(Cc1ccc(F)cc1)Cc1c(C)nn(C)c1Cl. The van der Waals surface area contributed by atoms with Crippen molar-refractivity contribution in [3.63, 3.8) is 0 Å². The van der Waals surface area contributed by atoms with E-state index in [1.54, 1.807) is 4.68 Å². The third kappa shape index (κ3) is 4.05. The minimum atomic E-state index is -0.199. The average Bonchev–Trinajstić information content (AvgIpc) is 2.68. The molecule has 3 nitrogen and oxygen atoms in total. The number of aromatic nitrogens is 2. The molecule has 1 unspecified atom stereocenters. The van der Waals surface area contributed by atoms with Gasteiger partial charge in [-0.1, -0.05) is 23.7 Å². The third-order valence-corrected chi connectivity index (χ3v) is 4.17. The summed E-state index contributed by atoms with van der Waals surface area (Å²) in [5.41, 5.74) is 3.21. The summed E-state index contributed by atoms with van der Waals surface area (Å²) < 4.78 is 14.7. The first kappa shape index (κ1) is 16.0. The second kappa shape index (κ2) is 7.05. The smallest absolute Gasteiger partial charge is 0.130 e. The number of hydrogen-bond acceptors (Lipinski definition) is 2. The lowest BCUT2D eigenvalue weighted by Crippen LogP contribution is -2.23. The lowest BCUT2D eigenvalue weighted by Gasteiger charge is -2.17. The average molecular weight is 310 g/mol. The number of nitrogens with one attached hydrogen (secondary N) is 1. The van der Waals surface area contributed by atoms with E-state index in [2.05, 4.69) is 10.4 Å². The van der Waals surface area contributed by atoms with E-state index < -0.39 is 0 Å². The summed E-state index contributed by atoms with van der Waals surface area (Å²) in [6.07, 6.45) is 1.74. The molecule has 0 saturated heterocycles. The molecule has 1 atom stereocenters. The van der Waals surface area contributed by atoms with Crippen molar-refractivity contribution in [1.82, 2.24) is 15.1 Å². The minimum absolute atomic E-state index is 0.199. The van der Waals surface area contributed by atoms with Crippen LogP contribution in [-0.4, -0.2) is 23.4 Å². The van der Waals surface area contributed by atoms with E-state index in [1.165, 1.54) is 12.1 Å². The molecule has 2 aromatic rings. The molecule has 0 amide bonds. The summed E-state index contributed by atoms with van der Waals surface area (Å²) in [5, 5.41) is 8.28. The second-order valence-corrected chi connectivity index (χ2v) is 5.79. The molecule has 0 fully saturated rings.